The predicted molar refractivity (Wildman–Crippen MR) is 61.8 cm³/mol. The molecule has 0 amide bonds. The van der Waals surface area contributed by atoms with Crippen LogP contribution in [0.3, 0.4) is 0 Å². The van der Waals surface area contributed by atoms with Crippen molar-refractivity contribution in [1.82, 2.24) is 15.5 Å². The number of amidine groups is 1. The molecule has 15 heavy (non-hydrogen) atoms. The normalized spacial score (nSPS) is 22.6. The van der Waals surface area contributed by atoms with Crippen LogP contribution in [0.25, 0.3) is 0 Å². The maximum atomic E-state index is 4.59. The van der Waals surface area contributed by atoms with E-state index in [0.717, 1.165) is 25.5 Å². The Morgan fingerprint density at radius 1 is 1.40 bits per heavy atom. The van der Waals surface area contributed by atoms with Crippen LogP contribution in [0, 0.1) is 5.92 Å². The van der Waals surface area contributed by atoms with Gasteiger partial charge in [-0.25, -0.2) is 10.3 Å². The lowest BCUT2D eigenvalue weighted by Crippen LogP contribution is -2.28. The Bertz CT molecular complexity index is 274. The largest absolute Gasteiger partial charge is 0.317 e. The molecule has 1 saturated heterocycles. The molecule has 2 heterocycles. The molecule has 0 bridgehead atoms. The minimum atomic E-state index is 0.620. The fourth-order valence-electron chi connectivity index (χ4n) is 2.02. The molecule has 0 aliphatic carbocycles. The van der Waals surface area contributed by atoms with Gasteiger partial charge in [0.15, 0.2) is 0 Å². The number of nitrogens with one attached hydrogen (secondary N) is 1. The lowest BCUT2D eigenvalue weighted by Gasteiger charge is -2.21. The average Bonchev–Trinajstić information content (AvgIpc) is 2.67. The van der Waals surface area contributed by atoms with Crippen LogP contribution in [-0.2, 0) is 0 Å². The third-order valence-electron chi connectivity index (χ3n) is 2.82. The van der Waals surface area contributed by atoms with E-state index < -0.39 is 0 Å². The van der Waals surface area contributed by atoms with Gasteiger partial charge in [-0.15, -0.1) is 0 Å². The standard InChI is InChI=1S/C11H19N4/c1-15(2)8-11-13-7-10(14-11)9-3-5-12-6-4-9/h7,9,12H,3-6,8H2,1-2H3. The van der Waals surface area contributed by atoms with E-state index in [1.165, 1.54) is 18.5 Å². The fourth-order valence-corrected chi connectivity index (χ4v) is 2.02. The van der Waals surface area contributed by atoms with Gasteiger partial charge in [-0.05, 0) is 40.0 Å². The van der Waals surface area contributed by atoms with Crippen LogP contribution in [0.1, 0.15) is 12.8 Å². The Balaban J connectivity index is 1.91. The molecule has 2 rings (SSSR count). The average molecular weight is 207 g/mol. The minimum absolute atomic E-state index is 0.620. The third-order valence-corrected chi connectivity index (χ3v) is 2.82. The van der Waals surface area contributed by atoms with Crippen molar-refractivity contribution in [2.75, 3.05) is 33.7 Å². The second kappa shape index (κ2) is 4.77. The Kier molecular flexibility index (Phi) is 3.38. The molecule has 4 nitrogen and oxygen atoms in total. The van der Waals surface area contributed by atoms with Crippen molar-refractivity contribution < 1.29 is 0 Å². The van der Waals surface area contributed by atoms with Crippen molar-refractivity contribution in [3.63, 3.8) is 0 Å². The molecule has 2 aliphatic rings. The number of allylic oxidation sites excluding steroid dienone is 1. The molecule has 83 valence electrons. The first-order valence-corrected chi connectivity index (χ1v) is 5.59. The Labute approximate surface area is 91.4 Å². The lowest BCUT2D eigenvalue weighted by molar-refractivity contribution is 0.417. The first-order valence-electron chi connectivity index (χ1n) is 5.59. The highest BCUT2D eigenvalue weighted by molar-refractivity contribution is 5.87. The number of piperidine rings is 1. The summed E-state index contributed by atoms with van der Waals surface area (Å²) in [5, 5.41) is 7.73. The van der Waals surface area contributed by atoms with Crippen LogP contribution in [0.4, 0.5) is 0 Å². The van der Waals surface area contributed by atoms with E-state index in [1.807, 2.05) is 20.3 Å². The molecule has 1 radical (unpaired) electrons. The molecular weight excluding hydrogens is 188 g/mol. The summed E-state index contributed by atoms with van der Waals surface area (Å²) in [5.41, 5.74) is 1.19. The van der Waals surface area contributed by atoms with E-state index in [0.29, 0.717) is 5.92 Å². The summed E-state index contributed by atoms with van der Waals surface area (Å²) in [6, 6.07) is 0. The summed E-state index contributed by atoms with van der Waals surface area (Å²) >= 11 is 0. The number of rotatable bonds is 3. The Morgan fingerprint density at radius 3 is 2.80 bits per heavy atom. The molecule has 1 fully saturated rings. The summed E-state index contributed by atoms with van der Waals surface area (Å²) in [5.74, 6) is 1.57. The number of hydrogen-bond acceptors (Lipinski definition) is 3. The van der Waals surface area contributed by atoms with E-state index in [-0.39, 0.29) is 0 Å². The molecule has 0 aromatic rings. The van der Waals surface area contributed by atoms with Gasteiger partial charge in [-0.3, -0.25) is 0 Å². The van der Waals surface area contributed by atoms with E-state index in [4.69, 9.17) is 0 Å². The SMILES string of the molecule is CN(C)CC1=NC(C2CCNCC2)=C[N]1. The third kappa shape index (κ3) is 2.79. The molecule has 0 saturated carbocycles. The van der Waals surface area contributed by atoms with Crippen molar-refractivity contribution in [2.45, 2.75) is 12.8 Å². The fraction of sp³-hybridized carbons (Fsp3) is 0.727. The van der Waals surface area contributed by atoms with Gasteiger partial charge in [0, 0.05) is 5.92 Å². The summed E-state index contributed by atoms with van der Waals surface area (Å²) in [4.78, 5) is 6.69. The maximum absolute atomic E-state index is 4.59. The van der Waals surface area contributed by atoms with Crippen LogP contribution < -0.4 is 10.6 Å². The second-order valence-electron chi connectivity index (χ2n) is 4.47. The van der Waals surface area contributed by atoms with Gasteiger partial charge < -0.3 is 10.2 Å². The quantitative estimate of drug-likeness (QED) is 0.728. The zero-order chi connectivity index (χ0) is 10.7. The number of likely N-dealkylation sites (N-methyl/N-ethyl adjacent to an activating group) is 1. The summed E-state index contributed by atoms with van der Waals surface area (Å²) in [6.45, 7) is 3.06. The van der Waals surface area contributed by atoms with E-state index in [2.05, 4.69) is 20.5 Å². The van der Waals surface area contributed by atoms with E-state index in [9.17, 15) is 0 Å². The molecule has 0 aromatic carbocycles. The van der Waals surface area contributed by atoms with Crippen LogP contribution in [-0.4, -0.2) is 44.5 Å². The van der Waals surface area contributed by atoms with Gasteiger partial charge in [0.2, 0.25) is 0 Å². The molecule has 0 unspecified atom stereocenters. The number of aliphatic imine (C=N–C) groups is 1. The molecule has 4 heteroatoms. The van der Waals surface area contributed by atoms with Gasteiger partial charge in [0.25, 0.3) is 0 Å². The topological polar surface area (TPSA) is 41.7 Å². The zero-order valence-corrected chi connectivity index (χ0v) is 9.53. The minimum Gasteiger partial charge on any atom is -0.317 e. The van der Waals surface area contributed by atoms with Gasteiger partial charge in [0.05, 0.1) is 18.4 Å². The number of nitrogens with zero attached hydrogens (tertiary/aromatic N) is 3. The highest BCUT2D eigenvalue weighted by Gasteiger charge is 2.21. The summed E-state index contributed by atoms with van der Waals surface area (Å²) in [6.07, 6.45) is 4.34. The highest BCUT2D eigenvalue weighted by atomic mass is 15.1. The van der Waals surface area contributed by atoms with Crippen molar-refractivity contribution in [3.05, 3.63) is 11.9 Å². The highest BCUT2D eigenvalue weighted by Crippen LogP contribution is 2.24. The van der Waals surface area contributed by atoms with Gasteiger partial charge in [0.1, 0.15) is 5.84 Å². The number of hydrogen-bond donors (Lipinski definition) is 1. The van der Waals surface area contributed by atoms with Crippen molar-refractivity contribution in [1.29, 1.82) is 0 Å². The molecule has 2 aliphatic heterocycles. The molecule has 0 aromatic heterocycles. The Morgan fingerprint density at radius 2 is 2.13 bits per heavy atom. The second-order valence-corrected chi connectivity index (χ2v) is 4.47. The van der Waals surface area contributed by atoms with Crippen molar-refractivity contribution in [2.24, 2.45) is 10.9 Å². The molecule has 0 spiro atoms. The summed E-state index contributed by atoms with van der Waals surface area (Å²) in [7, 11) is 4.08. The van der Waals surface area contributed by atoms with Gasteiger partial charge >= 0.3 is 0 Å². The van der Waals surface area contributed by atoms with Crippen LogP contribution in [0.15, 0.2) is 16.9 Å². The van der Waals surface area contributed by atoms with E-state index in [1.54, 1.807) is 0 Å². The van der Waals surface area contributed by atoms with Crippen molar-refractivity contribution >= 4 is 5.84 Å². The van der Waals surface area contributed by atoms with Crippen molar-refractivity contribution in [3.8, 4) is 0 Å². The van der Waals surface area contributed by atoms with Crippen LogP contribution in [0.2, 0.25) is 0 Å². The van der Waals surface area contributed by atoms with Crippen LogP contribution >= 0.6 is 0 Å². The zero-order valence-electron chi connectivity index (χ0n) is 9.53. The Hall–Kier alpha value is -0.870. The summed E-state index contributed by atoms with van der Waals surface area (Å²) < 4.78 is 0. The van der Waals surface area contributed by atoms with E-state index >= 15 is 0 Å². The van der Waals surface area contributed by atoms with Crippen LogP contribution in [0.5, 0.6) is 0 Å². The predicted octanol–water partition coefficient (Wildman–Crippen LogP) is 0.406. The van der Waals surface area contributed by atoms with Gasteiger partial charge in [-0.2, -0.15) is 0 Å². The van der Waals surface area contributed by atoms with Gasteiger partial charge in [-0.1, -0.05) is 0 Å². The lowest BCUT2D eigenvalue weighted by atomic mass is 9.95. The maximum Gasteiger partial charge on any atom is 0.142 e. The molecular formula is C11H19N4. The molecule has 1 N–H and O–H groups in total. The first-order chi connectivity index (χ1) is 7.25. The monoisotopic (exact) mass is 207 g/mol. The molecule has 0 atom stereocenters. The smallest absolute Gasteiger partial charge is 0.142 e. The first kappa shape index (κ1) is 10.6.